The van der Waals surface area contributed by atoms with Crippen molar-refractivity contribution in [3.8, 4) is 0 Å². The van der Waals surface area contributed by atoms with Crippen LogP contribution in [0.3, 0.4) is 0 Å². The molecule has 1 aromatic carbocycles. The third-order valence-corrected chi connectivity index (χ3v) is 4.91. The van der Waals surface area contributed by atoms with E-state index in [1.165, 1.54) is 12.0 Å². The fourth-order valence-electron chi connectivity index (χ4n) is 3.75. The lowest BCUT2D eigenvalue weighted by Gasteiger charge is -2.36. The molecule has 23 heavy (non-hydrogen) atoms. The number of allylic oxidation sites excluding steroid dienone is 1. The van der Waals surface area contributed by atoms with Crippen LogP contribution < -0.4 is 5.32 Å². The van der Waals surface area contributed by atoms with Crippen LogP contribution in [0.15, 0.2) is 24.3 Å². The molecule has 1 saturated carbocycles. The van der Waals surface area contributed by atoms with E-state index < -0.39 is 0 Å². The van der Waals surface area contributed by atoms with Crippen molar-refractivity contribution in [2.24, 2.45) is 5.92 Å². The molecule has 0 bridgehead atoms. The maximum absolute atomic E-state index is 12.7. The van der Waals surface area contributed by atoms with Gasteiger partial charge in [0.25, 0.3) is 0 Å². The Morgan fingerprint density at radius 2 is 2.04 bits per heavy atom. The molecule has 0 unspecified atom stereocenters. The molecule has 3 nitrogen and oxygen atoms in total. The average Bonchev–Trinajstić information content (AvgIpc) is 2.54. The minimum absolute atomic E-state index is 0.0781. The summed E-state index contributed by atoms with van der Waals surface area (Å²) in [4.78, 5) is 16.2. The molecule has 1 heterocycles. The highest BCUT2D eigenvalue weighted by atomic mass is 16.1. The van der Waals surface area contributed by atoms with Crippen molar-refractivity contribution in [3.05, 3.63) is 46.8 Å². The fraction of sp³-hybridized carbons (Fsp3) is 0.500. The van der Waals surface area contributed by atoms with Gasteiger partial charge in [-0.05, 0) is 50.3 Å². The standard InChI is InChI=1S/C20H24N2O/c1-20(2)13-15-9-10-16(21-3)11-17(15)18(22-20)12-19(23)14-7-5-4-6-8-14/h9-12,14,22H,4-8,13H2,1-2H3/b18-12-. The number of nitrogens with zero attached hydrogens (tertiary/aromatic N) is 1. The second-order valence-corrected chi connectivity index (χ2v) is 7.43. The summed E-state index contributed by atoms with van der Waals surface area (Å²) in [6.07, 6.45) is 8.30. The molecule has 1 aliphatic heterocycles. The summed E-state index contributed by atoms with van der Waals surface area (Å²) < 4.78 is 0. The Morgan fingerprint density at radius 1 is 1.30 bits per heavy atom. The molecule has 0 radical (unpaired) electrons. The molecule has 2 aliphatic rings. The molecule has 3 heteroatoms. The van der Waals surface area contributed by atoms with Gasteiger partial charge in [-0.3, -0.25) is 4.79 Å². The summed E-state index contributed by atoms with van der Waals surface area (Å²) >= 11 is 0. The van der Waals surface area contributed by atoms with E-state index in [1.54, 1.807) is 6.08 Å². The number of ketones is 1. The van der Waals surface area contributed by atoms with Crippen LogP contribution in [0.1, 0.15) is 57.1 Å². The molecule has 1 N–H and O–H groups in total. The SMILES string of the molecule is [C-]#[N+]c1ccc2c(c1)/C(=C/C(=O)C1CCCCC1)NC(C)(C)C2. The summed E-state index contributed by atoms with van der Waals surface area (Å²) in [6.45, 7) is 11.5. The van der Waals surface area contributed by atoms with Crippen LogP contribution in [0.2, 0.25) is 0 Å². The zero-order valence-electron chi connectivity index (χ0n) is 14.0. The molecule has 1 fully saturated rings. The number of benzene rings is 1. The van der Waals surface area contributed by atoms with E-state index in [9.17, 15) is 4.79 Å². The summed E-state index contributed by atoms with van der Waals surface area (Å²) in [7, 11) is 0. The van der Waals surface area contributed by atoms with E-state index in [1.807, 2.05) is 18.2 Å². The Bertz CT molecular complexity index is 688. The quantitative estimate of drug-likeness (QED) is 0.637. The van der Waals surface area contributed by atoms with Crippen molar-refractivity contribution in [2.45, 2.75) is 57.9 Å². The zero-order valence-corrected chi connectivity index (χ0v) is 14.0. The number of fused-ring (bicyclic) bond motifs is 1. The van der Waals surface area contributed by atoms with Crippen molar-refractivity contribution in [2.75, 3.05) is 0 Å². The zero-order chi connectivity index (χ0) is 16.4. The Balaban J connectivity index is 1.96. The van der Waals surface area contributed by atoms with Gasteiger partial charge in [0.2, 0.25) is 0 Å². The van der Waals surface area contributed by atoms with Gasteiger partial charge < -0.3 is 5.32 Å². The van der Waals surface area contributed by atoms with Crippen LogP contribution in [0, 0.1) is 12.5 Å². The van der Waals surface area contributed by atoms with Gasteiger partial charge in [0.1, 0.15) is 0 Å². The summed E-state index contributed by atoms with van der Waals surface area (Å²) in [6, 6.07) is 5.81. The summed E-state index contributed by atoms with van der Waals surface area (Å²) in [5.41, 5.74) is 3.66. The van der Waals surface area contributed by atoms with Gasteiger partial charge in [0.15, 0.2) is 11.5 Å². The lowest BCUT2D eigenvalue weighted by molar-refractivity contribution is -0.119. The van der Waals surface area contributed by atoms with Crippen LogP contribution in [-0.4, -0.2) is 11.3 Å². The van der Waals surface area contributed by atoms with Crippen LogP contribution >= 0.6 is 0 Å². The number of rotatable bonds is 2. The molecule has 0 aromatic heterocycles. The van der Waals surface area contributed by atoms with E-state index in [2.05, 4.69) is 24.0 Å². The summed E-state index contributed by atoms with van der Waals surface area (Å²) in [5, 5.41) is 3.51. The second-order valence-electron chi connectivity index (χ2n) is 7.43. The molecule has 3 rings (SSSR count). The lowest BCUT2D eigenvalue weighted by atomic mass is 9.83. The number of hydrogen-bond acceptors (Lipinski definition) is 2. The molecular weight excluding hydrogens is 284 g/mol. The molecule has 0 saturated heterocycles. The average molecular weight is 308 g/mol. The highest BCUT2D eigenvalue weighted by molar-refractivity contribution is 5.98. The highest BCUT2D eigenvalue weighted by Gasteiger charge is 2.29. The van der Waals surface area contributed by atoms with Crippen LogP contribution in [0.4, 0.5) is 5.69 Å². The Kier molecular flexibility index (Phi) is 4.26. The maximum Gasteiger partial charge on any atom is 0.187 e. The molecule has 1 aromatic rings. The third kappa shape index (κ3) is 3.47. The largest absolute Gasteiger partial charge is 0.379 e. The first-order chi connectivity index (χ1) is 11.0. The number of hydrogen-bond donors (Lipinski definition) is 1. The van der Waals surface area contributed by atoms with Crippen molar-refractivity contribution in [3.63, 3.8) is 0 Å². The van der Waals surface area contributed by atoms with Crippen LogP contribution in [0.5, 0.6) is 0 Å². The monoisotopic (exact) mass is 308 g/mol. The maximum atomic E-state index is 12.7. The lowest BCUT2D eigenvalue weighted by Crippen LogP contribution is -2.44. The molecule has 0 atom stereocenters. The summed E-state index contributed by atoms with van der Waals surface area (Å²) in [5.74, 6) is 0.416. The van der Waals surface area contributed by atoms with Crippen LogP contribution in [0.25, 0.3) is 10.5 Å². The van der Waals surface area contributed by atoms with Gasteiger partial charge in [-0.25, -0.2) is 4.85 Å². The van der Waals surface area contributed by atoms with E-state index in [0.717, 1.165) is 43.4 Å². The second kappa shape index (κ2) is 6.20. The number of nitrogens with one attached hydrogen (secondary N) is 1. The van der Waals surface area contributed by atoms with Gasteiger partial charge in [-0.1, -0.05) is 31.4 Å². The van der Waals surface area contributed by atoms with Gasteiger partial charge in [-0.15, -0.1) is 0 Å². The van der Waals surface area contributed by atoms with E-state index in [-0.39, 0.29) is 17.2 Å². The predicted molar refractivity (Wildman–Crippen MR) is 93.2 cm³/mol. The van der Waals surface area contributed by atoms with E-state index in [4.69, 9.17) is 6.57 Å². The van der Waals surface area contributed by atoms with E-state index in [0.29, 0.717) is 5.69 Å². The highest BCUT2D eigenvalue weighted by Crippen LogP contribution is 2.33. The van der Waals surface area contributed by atoms with Crippen LogP contribution in [-0.2, 0) is 11.2 Å². The molecule has 0 amide bonds. The Labute approximate surface area is 138 Å². The normalized spacial score (nSPS) is 22.0. The first-order valence-corrected chi connectivity index (χ1v) is 8.53. The van der Waals surface area contributed by atoms with Gasteiger partial charge >= 0.3 is 0 Å². The molecule has 120 valence electrons. The van der Waals surface area contributed by atoms with Crippen molar-refractivity contribution in [1.29, 1.82) is 0 Å². The number of carbonyl (C=O) groups is 1. The first kappa shape index (κ1) is 15.8. The Hall–Kier alpha value is -2.08. The van der Waals surface area contributed by atoms with Crippen molar-refractivity contribution >= 4 is 17.2 Å². The molecular formula is C20H24N2O. The molecule has 0 spiro atoms. The molecule has 1 aliphatic carbocycles. The predicted octanol–water partition coefficient (Wildman–Crippen LogP) is 4.65. The minimum Gasteiger partial charge on any atom is -0.379 e. The number of carbonyl (C=O) groups excluding carboxylic acids is 1. The van der Waals surface area contributed by atoms with E-state index >= 15 is 0 Å². The first-order valence-electron chi connectivity index (χ1n) is 8.53. The fourth-order valence-corrected chi connectivity index (χ4v) is 3.75. The minimum atomic E-state index is -0.0781. The van der Waals surface area contributed by atoms with Gasteiger partial charge in [-0.2, -0.15) is 0 Å². The van der Waals surface area contributed by atoms with Gasteiger partial charge in [0, 0.05) is 23.2 Å². The van der Waals surface area contributed by atoms with Gasteiger partial charge in [0.05, 0.1) is 6.57 Å². The topological polar surface area (TPSA) is 33.5 Å². The smallest absolute Gasteiger partial charge is 0.187 e. The third-order valence-electron chi connectivity index (χ3n) is 4.91. The Morgan fingerprint density at radius 3 is 2.74 bits per heavy atom. The van der Waals surface area contributed by atoms with Crippen molar-refractivity contribution < 1.29 is 4.79 Å². The van der Waals surface area contributed by atoms with Crippen molar-refractivity contribution in [1.82, 2.24) is 5.32 Å².